The average molecular weight is 408 g/mol. The second-order valence-electron chi connectivity index (χ2n) is 7.52. The molecule has 2 aromatic carbocycles. The molecule has 30 heavy (non-hydrogen) atoms. The number of ether oxygens (including phenoxy) is 1. The minimum atomic E-state index is -0.635. The lowest BCUT2D eigenvalue weighted by Gasteiger charge is -2.25. The van der Waals surface area contributed by atoms with E-state index in [2.05, 4.69) is 13.8 Å². The number of hydrogen-bond acceptors (Lipinski definition) is 4. The zero-order valence-electron chi connectivity index (χ0n) is 17.9. The SMILES string of the molecule is CCCCCN1C(=O)C(=O)/C(=C(\O)c2ccc(OC)cc2)C1c1ccc(CC)cc1. The molecule has 0 saturated carbocycles. The van der Waals surface area contributed by atoms with Gasteiger partial charge in [0.25, 0.3) is 11.7 Å². The van der Waals surface area contributed by atoms with E-state index in [0.29, 0.717) is 17.9 Å². The predicted octanol–water partition coefficient (Wildman–Crippen LogP) is 4.87. The molecule has 1 unspecified atom stereocenters. The highest BCUT2D eigenvalue weighted by Crippen LogP contribution is 2.39. The Kier molecular flexibility index (Phi) is 6.93. The van der Waals surface area contributed by atoms with Gasteiger partial charge in [0.05, 0.1) is 18.7 Å². The van der Waals surface area contributed by atoms with Crippen molar-refractivity contribution < 1.29 is 19.4 Å². The minimum Gasteiger partial charge on any atom is -0.507 e. The lowest BCUT2D eigenvalue weighted by molar-refractivity contribution is -0.139. The highest BCUT2D eigenvalue weighted by molar-refractivity contribution is 6.46. The molecule has 1 saturated heterocycles. The number of nitrogens with zero attached hydrogens (tertiary/aromatic N) is 1. The van der Waals surface area contributed by atoms with Crippen molar-refractivity contribution in [2.45, 2.75) is 45.6 Å². The zero-order chi connectivity index (χ0) is 21.7. The molecule has 1 fully saturated rings. The summed E-state index contributed by atoms with van der Waals surface area (Å²) >= 11 is 0. The van der Waals surface area contributed by atoms with E-state index in [4.69, 9.17) is 4.74 Å². The van der Waals surface area contributed by atoms with Crippen LogP contribution in [0.15, 0.2) is 54.1 Å². The number of aryl methyl sites for hydroxylation is 1. The summed E-state index contributed by atoms with van der Waals surface area (Å²) < 4.78 is 5.17. The molecule has 0 spiro atoms. The van der Waals surface area contributed by atoms with E-state index >= 15 is 0 Å². The van der Waals surface area contributed by atoms with Crippen LogP contribution >= 0.6 is 0 Å². The molecule has 158 valence electrons. The summed E-state index contributed by atoms with van der Waals surface area (Å²) in [5.41, 5.74) is 2.64. The Morgan fingerprint density at radius 2 is 1.67 bits per heavy atom. The molecule has 1 amide bonds. The quantitative estimate of drug-likeness (QED) is 0.293. The first-order valence-electron chi connectivity index (χ1n) is 10.5. The van der Waals surface area contributed by atoms with Gasteiger partial charge in [-0.15, -0.1) is 0 Å². The molecule has 1 aliphatic rings. The molecule has 1 heterocycles. The largest absolute Gasteiger partial charge is 0.507 e. The fourth-order valence-corrected chi connectivity index (χ4v) is 3.83. The molecule has 0 bridgehead atoms. The van der Waals surface area contributed by atoms with Crippen molar-refractivity contribution >= 4 is 17.4 Å². The number of benzene rings is 2. The van der Waals surface area contributed by atoms with Gasteiger partial charge in [0.2, 0.25) is 0 Å². The van der Waals surface area contributed by atoms with Crippen molar-refractivity contribution in [2.24, 2.45) is 0 Å². The van der Waals surface area contributed by atoms with Crippen molar-refractivity contribution in [1.82, 2.24) is 4.90 Å². The van der Waals surface area contributed by atoms with Gasteiger partial charge in [-0.05, 0) is 48.2 Å². The maximum Gasteiger partial charge on any atom is 0.295 e. The molecule has 0 radical (unpaired) electrons. The second-order valence-corrected chi connectivity index (χ2v) is 7.52. The molecule has 0 aliphatic carbocycles. The number of aliphatic hydroxyl groups excluding tert-OH is 1. The van der Waals surface area contributed by atoms with Crippen molar-refractivity contribution in [3.63, 3.8) is 0 Å². The number of carbonyl (C=O) groups is 2. The van der Waals surface area contributed by atoms with E-state index in [1.807, 2.05) is 24.3 Å². The molecular formula is C25H29NO4. The van der Waals surface area contributed by atoms with Gasteiger partial charge in [0.1, 0.15) is 11.5 Å². The third-order valence-corrected chi connectivity index (χ3v) is 5.61. The Morgan fingerprint density at radius 1 is 1.00 bits per heavy atom. The van der Waals surface area contributed by atoms with Crippen LogP contribution in [0.4, 0.5) is 0 Å². The number of methoxy groups -OCH3 is 1. The topological polar surface area (TPSA) is 66.8 Å². The first kappa shape index (κ1) is 21.6. The second kappa shape index (κ2) is 9.61. The fourth-order valence-electron chi connectivity index (χ4n) is 3.83. The number of carbonyl (C=O) groups excluding carboxylic acids is 2. The van der Waals surface area contributed by atoms with Crippen molar-refractivity contribution in [3.8, 4) is 5.75 Å². The molecule has 0 aromatic heterocycles. The average Bonchev–Trinajstić information content (AvgIpc) is 3.04. The molecule has 5 heteroatoms. The lowest BCUT2D eigenvalue weighted by atomic mass is 9.94. The Bertz CT molecular complexity index is 929. The number of amides is 1. The maximum absolute atomic E-state index is 13.0. The summed E-state index contributed by atoms with van der Waals surface area (Å²) in [7, 11) is 1.57. The predicted molar refractivity (Wildman–Crippen MR) is 117 cm³/mol. The number of hydrogen-bond donors (Lipinski definition) is 1. The van der Waals surface area contributed by atoms with Gasteiger partial charge in [0.15, 0.2) is 0 Å². The summed E-state index contributed by atoms with van der Waals surface area (Å²) in [5, 5.41) is 11.0. The van der Waals surface area contributed by atoms with Gasteiger partial charge >= 0.3 is 0 Å². The van der Waals surface area contributed by atoms with Crippen LogP contribution in [-0.2, 0) is 16.0 Å². The lowest BCUT2D eigenvalue weighted by Crippen LogP contribution is -2.30. The Hall–Kier alpha value is -3.08. The van der Waals surface area contributed by atoms with Crippen LogP contribution in [0.3, 0.4) is 0 Å². The molecule has 2 aromatic rings. The first-order chi connectivity index (χ1) is 14.5. The van der Waals surface area contributed by atoms with Crippen LogP contribution in [0.25, 0.3) is 5.76 Å². The number of unbranched alkanes of at least 4 members (excludes halogenated alkanes) is 2. The normalized spacial score (nSPS) is 18.1. The summed E-state index contributed by atoms with van der Waals surface area (Å²) in [6, 6.07) is 14.1. The summed E-state index contributed by atoms with van der Waals surface area (Å²) in [6.45, 7) is 4.66. The van der Waals surface area contributed by atoms with E-state index in [-0.39, 0.29) is 11.3 Å². The highest BCUT2D eigenvalue weighted by atomic mass is 16.5. The number of rotatable bonds is 8. The van der Waals surface area contributed by atoms with Crippen LogP contribution in [0, 0.1) is 0 Å². The van der Waals surface area contributed by atoms with Gasteiger partial charge in [-0.1, -0.05) is 51.0 Å². The standard InChI is InChI=1S/C25H29NO4/c1-4-6-7-16-26-22(18-10-8-17(5-2)9-11-18)21(24(28)25(26)29)23(27)19-12-14-20(30-3)15-13-19/h8-15,22,27H,4-7,16H2,1-3H3/b23-21-. The first-order valence-corrected chi connectivity index (χ1v) is 10.5. The van der Waals surface area contributed by atoms with E-state index in [0.717, 1.165) is 31.2 Å². The van der Waals surface area contributed by atoms with Crippen LogP contribution in [-0.4, -0.2) is 35.4 Å². The van der Waals surface area contributed by atoms with Gasteiger partial charge in [-0.25, -0.2) is 0 Å². The smallest absolute Gasteiger partial charge is 0.295 e. The van der Waals surface area contributed by atoms with Crippen LogP contribution in [0.1, 0.15) is 55.8 Å². The minimum absolute atomic E-state index is 0.144. The molecule has 1 aliphatic heterocycles. The monoisotopic (exact) mass is 407 g/mol. The van der Waals surface area contributed by atoms with Crippen molar-refractivity contribution in [1.29, 1.82) is 0 Å². The molecular weight excluding hydrogens is 378 g/mol. The van der Waals surface area contributed by atoms with Gasteiger partial charge < -0.3 is 14.7 Å². The third-order valence-electron chi connectivity index (χ3n) is 5.61. The van der Waals surface area contributed by atoms with Gasteiger partial charge in [-0.3, -0.25) is 9.59 Å². The number of Topliss-reactive ketones (excluding diaryl/α,β-unsaturated/α-hetero) is 1. The van der Waals surface area contributed by atoms with Crippen LogP contribution < -0.4 is 4.74 Å². The summed E-state index contributed by atoms with van der Waals surface area (Å²) in [5.74, 6) is -0.688. The third kappa shape index (κ3) is 4.25. The Morgan fingerprint density at radius 3 is 2.23 bits per heavy atom. The van der Waals surface area contributed by atoms with Crippen LogP contribution in [0.5, 0.6) is 5.75 Å². The number of ketones is 1. The fraction of sp³-hybridized carbons (Fsp3) is 0.360. The van der Waals surface area contributed by atoms with E-state index in [1.165, 1.54) is 5.56 Å². The molecule has 1 N–H and O–H groups in total. The van der Waals surface area contributed by atoms with Gasteiger partial charge in [-0.2, -0.15) is 0 Å². The maximum atomic E-state index is 13.0. The van der Waals surface area contributed by atoms with E-state index in [1.54, 1.807) is 36.3 Å². The van der Waals surface area contributed by atoms with Gasteiger partial charge in [0, 0.05) is 12.1 Å². The van der Waals surface area contributed by atoms with Crippen molar-refractivity contribution in [3.05, 3.63) is 70.8 Å². The molecule has 3 rings (SSSR count). The Balaban J connectivity index is 2.08. The van der Waals surface area contributed by atoms with Crippen molar-refractivity contribution in [2.75, 3.05) is 13.7 Å². The van der Waals surface area contributed by atoms with Crippen LogP contribution in [0.2, 0.25) is 0 Å². The van der Waals surface area contributed by atoms with E-state index < -0.39 is 17.7 Å². The highest BCUT2D eigenvalue weighted by Gasteiger charge is 2.45. The summed E-state index contributed by atoms with van der Waals surface area (Å²) in [4.78, 5) is 27.4. The summed E-state index contributed by atoms with van der Waals surface area (Å²) in [6.07, 6.45) is 3.72. The molecule has 5 nitrogen and oxygen atoms in total. The zero-order valence-corrected chi connectivity index (χ0v) is 17.9. The van der Waals surface area contributed by atoms with E-state index in [9.17, 15) is 14.7 Å². The Labute approximate surface area is 178 Å². The molecule has 1 atom stereocenters. The number of likely N-dealkylation sites (tertiary alicyclic amines) is 1. The number of aliphatic hydroxyl groups is 1.